The normalized spacial score (nSPS) is 15.9. The summed E-state index contributed by atoms with van der Waals surface area (Å²) in [5.74, 6) is -1.44. The molecule has 0 bridgehead atoms. The fourth-order valence-electron chi connectivity index (χ4n) is 0.645. The van der Waals surface area contributed by atoms with Gasteiger partial charge in [-0.2, -0.15) is 0 Å². The van der Waals surface area contributed by atoms with Gasteiger partial charge in [0.05, 0.1) is 12.1 Å². The van der Waals surface area contributed by atoms with E-state index in [9.17, 15) is 9.90 Å². The molecule has 0 amide bonds. The second-order valence-corrected chi connectivity index (χ2v) is 11.7. The van der Waals surface area contributed by atoms with E-state index in [1.54, 1.807) is 0 Å². The van der Waals surface area contributed by atoms with Crippen LogP contribution in [0, 0.1) is 0 Å². The minimum absolute atomic E-state index is 0.0849. The molecular formula is C11H23BiO3. The maximum absolute atomic E-state index is 9.34. The van der Waals surface area contributed by atoms with Gasteiger partial charge in [-0.3, -0.25) is 0 Å². The summed E-state index contributed by atoms with van der Waals surface area (Å²) in [6.45, 7) is 10.6. The Balaban J connectivity index is 0. The van der Waals surface area contributed by atoms with Crippen LogP contribution in [-0.2, 0) is 4.79 Å². The van der Waals surface area contributed by atoms with E-state index in [1.807, 2.05) is 0 Å². The van der Waals surface area contributed by atoms with Crippen LogP contribution in [0.1, 0.15) is 47.5 Å². The van der Waals surface area contributed by atoms with Crippen molar-refractivity contribution in [1.29, 1.82) is 0 Å². The van der Waals surface area contributed by atoms with Crippen LogP contribution in [0.3, 0.4) is 0 Å². The Morgan fingerprint density at radius 2 is 1.47 bits per heavy atom. The SMILES string of the molecule is CC(O)C(=O)[O-].CC[CH](C)[Bi+][CH](C)CC. The number of carboxylic acids is 1. The molecule has 0 rings (SSSR count). The molecule has 0 fully saturated rings. The number of rotatable bonds is 5. The standard InChI is InChI=1S/2C4H9.C3H6O3.Bi/c2*1-3-4-2;1-2(4)3(5)6;/h2*3H,4H2,1-2H3;2,4H,1H3,(H,5,6);/q;;;+1/p-1. The van der Waals surface area contributed by atoms with Gasteiger partial charge >= 0.3 is 71.0 Å². The van der Waals surface area contributed by atoms with Crippen molar-refractivity contribution >= 4 is 29.2 Å². The summed E-state index contributed by atoms with van der Waals surface area (Å²) < 4.78 is 2.22. The van der Waals surface area contributed by atoms with Crippen LogP contribution < -0.4 is 5.11 Å². The first-order chi connectivity index (χ1) is 6.84. The molecule has 0 aromatic heterocycles. The van der Waals surface area contributed by atoms with Gasteiger partial charge in [0.15, 0.2) is 0 Å². The van der Waals surface area contributed by atoms with E-state index in [1.165, 1.54) is 12.8 Å². The van der Waals surface area contributed by atoms with Crippen LogP contribution >= 0.6 is 0 Å². The van der Waals surface area contributed by atoms with Crippen LogP contribution in [0.5, 0.6) is 0 Å². The van der Waals surface area contributed by atoms with Gasteiger partial charge in [0, 0.05) is 0 Å². The third-order valence-corrected chi connectivity index (χ3v) is 8.83. The Bertz CT molecular complexity index is 152. The number of hydrogen-bond donors (Lipinski definition) is 1. The zero-order chi connectivity index (χ0) is 12.4. The first-order valence-corrected chi connectivity index (χ1v) is 9.45. The van der Waals surface area contributed by atoms with E-state index >= 15 is 0 Å². The number of aliphatic hydroxyl groups is 1. The Kier molecular flexibility index (Phi) is 12.8. The molecule has 0 heterocycles. The second kappa shape index (κ2) is 10.8. The molecule has 3 atom stereocenters. The summed E-state index contributed by atoms with van der Waals surface area (Å²) in [6, 6.07) is 0. The summed E-state index contributed by atoms with van der Waals surface area (Å²) >= 11 is -0.0849. The molecule has 0 aliphatic carbocycles. The molecular weight excluding hydrogens is 389 g/mol. The number of aliphatic carboxylic acids is 1. The topological polar surface area (TPSA) is 60.4 Å². The summed E-state index contributed by atoms with van der Waals surface area (Å²) in [5, 5.41) is 17.3. The minimum atomic E-state index is -1.44. The molecule has 1 N–H and O–H groups in total. The van der Waals surface area contributed by atoms with Gasteiger partial charge in [-0.05, 0) is 6.92 Å². The van der Waals surface area contributed by atoms with Crippen LogP contribution in [0.4, 0.5) is 0 Å². The molecule has 0 saturated carbocycles. The van der Waals surface area contributed by atoms with Gasteiger partial charge in [-0.15, -0.1) is 0 Å². The predicted molar refractivity (Wildman–Crippen MR) is 61.9 cm³/mol. The fourth-order valence-corrected chi connectivity index (χ4v) is 5.66. The Morgan fingerprint density at radius 1 is 1.20 bits per heavy atom. The summed E-state index contributed by atoms with van der Waals surface area (Å²) in [7, 11) is 0. The third-order valence-electron chi connectivity index (χ3n) is 2.03. The number of hydrogen-bond acceptors (Lipinski definition) is 3. The fraction of sp³-hybridized carbons (Fsp3) is 0.909. The van der Waals surface area contributed by atoms with Crippen molar-refractivity contribution in [3.63, 3.8) is 0 Å². The molecule has 15 heavy (non-hydrogen) atoms. The molecule has 3 unspecified atom stereocenters. The van der Waals surface area contributed by atoms with Crippen molar-refractivity contribution in [2.24, 2.45) is 0 Å². The molecule has 0 aliphatic heterocycles. The van der Waals surface area contributed by atoms with Crippen LogP contribution in [-0.4, -0.2) is 40.4 Å². The number of carboxylic acid groups (broad SMARTS) is 1. The van der Waals surface area contributed by atoms with Crippen molar-refractivity contribution in [2.75, 3.05) is 0 Å². The maximum atomic E-state index is 9.34. The summed E-state index contributed by atoms with van der Waals surface area (Å²) in [6.07, 6.45) is 1.49. The van der Waals surface area contributed by atoms with Crippen LogP contribution in [0.25, 0.3) is 0 Å². The Hall–Kier alpha value is 0.313. The van der Waals surface area contributed by atoms with E-state index in [2.05, 4.69) is 27.7 Å². The van der Waals surface area contributed by atoms with E-state index < -0.39 is 12.1 Å². The Morgan fingerprint density at radius 3 is 1.60 bits per heavy atom. The van der Waals surface area contributed by atoms with Gasteiger partial charge in [-0.1, -0.05) is 0 Å². The number of carbonyl (C=O) groups is 1. The average Bonchev–Trinajstić information content (AvgIpc) is 2.18. The first-order valence-electron chi connectivity index (χ1n) is 5.43. The van der Waals surface area contributed by atoms with Gasteiger partial charge in [0.25, 0.3) is 0 Å². The molecule has 90 valence electrons. The van der Waals surface area contributed by atoms with Crippen molar-refractivity contribution < 1.29 is 15.0 Å². The Labute approximate surface area is 105 Å². The molecule has 0 aliphatic rings. The van der Waals surface area contributed by atoms with E-state index in [0.717, 1.165) is 14.2 Å². The van der Waals surface area contributed by atoms with Crippen molar-refractivity contribution in [3.8, 4) is 0 Å². The molecule has 0 aromatic rings. The monoisotopic (exact) mass is 412 g/mol. The number of carbonyl (C=O) groups excluding carboxylic acids is 1. The van der Waals surface area contributed by atoms with E-state index in [4.69, 9.17) is 5.11 Å². The zero-order valence-electron chi connectivity index (χ0n) is 10.4. The van der Waals surface area contributed by atoms with E-state index in [-0.39, 0.29) is 23.2 Å². The van der Waals surface area contributed by atoms with Crippen molar-refractivity contribution in [1.82, 2.24) is 0 Å². The van der Waals surface area contributed by atoms with Gasteiger partial charge in [0.2, 0.25) is 0 Å². The number of aliphatic hydroxyl groups excluding tert-OH is 1. The van der Waals surface area contributed by atoms with Crippen LogP contribution in [0.2, 0.25) is 7.25 Å². The summed E-state index contributed by atoms with van der Waals surface area (Å²) in [5.41, 5.74) is 0. The quantitative estimate of drug-likeness (QED) is 0.692. The molecule has 2 radical (unpaired) electrons. The third kappa shape index (κ3) is 14.3. The molecule has 3 nitrogen and oxygen atoms in total. The summed E-state index contributed by atoms with van der Waals surface area (Å²) in [4.78, 5) is 9.34. The van der Waals surface area contributed by atoms with Gasteiger partial charge < -0.3 is 15.0 Å². The molecule has 0 spiro atoms. The van der Waals surface area contributed by atoms with Crippen LogP contribution in [0.15, 0.2) is 0 Å². The molecule has 0 saturated heterocycles. The molecule has 0 aromatic carbocycles. The van der Waals surface area contributed by atoms with Gasteiger partial charge in [0.1, 0.15) is 0 Å². The van der Waals surface area contributed by atoms with E-state index in [0.29, 0.717) is 0 Å². The molecule has 4 heteroatoms. The first kappa shape index (κ1) is 17.7. The zero-order valence-corrected chi connectivity index (χ0v) is 13.8. The second-order valence-electron chi connectivity index (χ2n) is 3.66. The average molecular weight is 412 g/mol. The van der Waals surface area contributed by atoms with Crippen molar-refractivity contribution in [3.05, 3.63) is 0 Å². The van der Waals surface area contributed by atoms with Gasteiger partial charge in [-0.25, -0.2) is 0 Å². The predicted octanol–water partition coefficient (Wildman–Crippen LogP) is 1.24. The van der Waals surface area contributed by atoms with Crippen molar-refractivity contribution in [2.45, 2.75) is 60.8 Å².